The number of rotatable bonds is 3. The van der Waals surface area contributed by atoms with Gasteiger partial charge in [0.25, 0.3) is 0 Å². The molecule has 1 atom stereocenters. The van der Waals surface area contributed by atoms with E-state index in [2.05, 4.69) is 5.32 Å². The Morgan fingerprint density at radius 3 is 2.50 bits per heavy atom. The second kappa shape index (κ2) is 7.04. The molecule has 2 heterocycles. The van der Waals surface area contributed by atoms with Gasteiger partial charge in [-0.15, -0.1) is 0 Å². The number of carbonyl (C=O) groups excluding carboxylic acids is 1. The molecule has 1 amide bonds. The summed E-state index contributed by atoms with van der Waals surface area (Å²) in [6, 6.07) is 14.0. The van der Waals surface area contributed by atoms with Crippen molar-refractivity contribution in [2.75, 3.05) is 19.8 Å². The number of carbonyl (C=O) groups is 1. The highest BCUT2D eigenvalue weighted by Crippen LogP contribution is 2.45. The molecule has 0 aromatic heterocycles. The van der Waals surface area contributed by atoms with Gasteiger partial charge in [0.1, 0.15) is 19.0 Å². The van der Waals surface area contributed by atoms with Gasteiger partial charge in [0.15, 0.2) is 11.5 Å². The van der Waals surface area contributed by atoms with Crippen molar-refractivity contribution in [3.05, 3.63) is 53.6 Å². The number of para-hydroxylation sites is 1. The molecule has 1 N–H and O–H groups in total. The molecule has 0 bridgehead atoms. The molecule has 1 saturated carbocycles. The van der Waals surface area contributed by atoms with Crippen LogP contribution in [-0.2, 0) is 10.2 Å². The second-order valence-electron chi connectivity index (χ2n) is 7.85. The van der Waals surface area contributed by atoms with E-state index in [-0.39, 0.29) is 11.9 Å². The van der Waals surface area contributed by atoms with Crippen molar-refractivity contribution < 1.29 is 19.0 Å². The number of fused-ring (bicyclic) bond motifs is 2. The van der Waals surface area contributed by atoms with Crippen LogP contribution in [0.15, 0.2) is 42.5 Å². The number of benzene rings is 2. The lowest BCUT2D eigenvalue weighted by molar-refractivity contribution is -0.127. The van der Waals surface area contributed by atoms with Gasteiger partial charge in [-0.05, 0) is 36.6 Å². The van der Waals surface area contributed by atoms with Crippen molar-refractivity contribution in [3.8, 4) is 17.2 Å². The summed E-state index contributed by atoms with van der Waals surface area (Å²) in [5, 5.41) is 3.35. The Morgan fingerprint density at radius 2 is 1.64 bits per heavy atom. The fourth-order valence-electron chi connectivity index (χ4n) is 4.75. The van der Waals surface area contributed by atoms with Crippen molar-refractivity contribution in [2.45, 2.75) is 43.6 Å². The topological polar surface area (TPSA) is 56.8 Å². The SMILES string of the molecule is O=C(N[C@@H]1CCOc2ccccc21)C1(c2ccc3c(c2)OCCO3)CCCC1. The Labute approximate surface area is 165 Å². The molecule has 0 radical (unpaired) electrons. The average Bonchev–Trinajstić information content (AvgIpc) is 3.25. The molecule has 0 saturated heterocycles. The molecule has 5 nitrogen and oxygen atoms in total. The van der Waals surface area contributed by atoms with Crippen LogP contribution in [0.1, 0.15) is 49.3 Å². The van der Waals surface area contributed by atoms with Crippen molar-refractivity contribution in [1.82, 2.24) is 5.32 Å². The Bertz CT molecular complexity index is 888. The van der Waals surface area contributed by atoms with E-state index in [4.69, 9.17) is 14.2 Å². The van der Waals surface area contributed by atoms with Gasteiger partial charge in [0, 0.05) is 12.0 Å². The smallest absolute Gasteiger partial charge is 0.231 e. The van der Waals surface area contributed by atoms with Gasteiger partial charge in [-0.2, -0.15) is 0 Å². The van der Waals surface area contributed by atoms with Crippen LogP contribution in [0.5, 0.6) is 17.2 Å². The second-order valence-corrected chi connectivity index (χ2v) is 7.85. The van der Waals surface area contributed by atoms with Gasteiger partial charge in [-0.25, -0.2) is 0 Å². The minimum Gasteiger partial charge on any atom is -0.493 e. The predicted molar refractivity (Wildman–Crippen MR) is 105 cm³/mol. The molecule has 1 aliphatic carbocycles. The highest BCUT2D eigenvalue weighted by Gasteiger charge is 2.44. The maximum Gasteiger partial charge on any atom is 0.231 e. The predicted octanol–water partition coefficient (Wildman–Crippen LogP) is 3.91. The van der Waals surface area contributed by atoms with Gasteiger partial charge in [0.05, 0.1) is 18.1 Å². The number of nitrogens with one attached hydrogen (secondary N) is 1. The summed E-state index contributed by atoms with van der Waals surface area (Å²) in [7, 11) is 0. The van der Waals surface area contributed by atoms with Crippen molar-refractivity contribution in [3.63, 3.8) is 0 Å². The minimum absolute atomic E-state index is 0.00728. The van der Waals surface area contributed by atoms with E-state index < -0.39 is 5.41 Å². The summed E-state index contributed by atoms with van der Waals surface area (Å²) in [4.78, 5) is 13.6. The molecular formula is C23H25NO4. The van der Waals surface area contributed by atoms with Crippen LogP contribution in [0.25, 0.3) is 0 Å². The minimum atomic E-state index is -0.497. The molecule has 3 aliphatic rings. The first-order chi connectivity index (χ1) is 13.8. The standard InChI is InChI=1S/C23H25NO4/c25-22(24-18-9-12-26-19-6-2-1-5-17(18)19)23(10-3-4-11-23)16-7-8-20-21(15-16)28-14-13-27-20/h1-2,5-8,15,18H,3-4,9-14H2,(H,24,25)/t18-/m1/s1. The number of hydrogen-bond donors (Lipinski definition) is 1. The third-order valence-electron chi connectivity index (χ3n) is 6.25. The van der Waals surface area contributed by atoms with Crippen molar-refractivity contribution in [1.29, 1.82) is 0 Å². The molecule has 0 unspecified atom stereocenters. The zero-order valence-electron chi connectivity index (χ0n) is 15.9. The molecule has 146 valence electrons. The molecule has 1 fully saturated rings. The van der Waals surface area contributed by atoms with Crippen LogP contribution in [-0.4, -0.2) is 25.7 Å². The van der Waals surface area contributed by atoms with E-state index in [9.17, 15) is 4.79 Å². The van der Waals surface area contributed by atoms with Crippen LogP contribution in [0.3, 0.4) is 0 Å². The van der Waals surface area contributed by atoms with Crippen LogP contribution >= 0.6 is 0 Å². The van der Waals surface area contributed by atoms with Crippen LogP contribution in [0.4, 0.5) is 0 Å². The zero-order valence-corrected chi connectivity index (χ0v) is 15.9. The highest BCUT2D eigenvalue weighted by atomic mass is 16.6. The molecule has 2 aromatic rings. The molecule has 2 aliphatic heterocycles. The largest absolute Gasteiger partial charge is 0.493 e. The first-order valence-electron chi connectivity index (χ1n) is 10.2. The van der Waals surface area contributed by atoms with Crippen molar-refractivity contribution in [2.24, 2.45) is 0 Å². The van der Waals surface area contributed by atoms with Gasteiger partial charge < -0.3 is 19.5 Å². The average molecular weight is 379 g/mol. The number of ether oxygens (including phenoxy) is 3. The van der Waals surface area contributed by atoms with Gasteiger partial charge in [-0.3, -0.25) is 4.79 Å². The quantitative estimate of drug-likeness (QED) is 0.879. The van der Waals surface area contributed by atoms with Gasteiger partial charge in [0.2, 0.25) is 5.91 Å². The first kappa shape index (κ1) is 17.4. The van der Waals surface area contributed by atoms with Crippen LogP contribution < -0.4 is 19.5 Å². The molecule has 28 heavy (non-hydrogen) atoms. The Morgan fingerprint density at radius 1 is 0.893 bits per heavy atom. The molecule has 5 heteroatoms. The van der Waals surface area contributed by atoms with Gasteiger partial charge in [-0.1, -0.05) is 37.1 Å². The Kier molecular flexibility index (Phi) is 4.38. The lowest BCUT2D eigenvalue weighted by Gasteiger charge is -2.33. The third kappa shape index (κ3) is 2.89. The summed E-state index contributed by atoms with van der Waals surface area (Å²) >= 11 is 0. The summed E-state index contributed by atoms with van der Waals surface area (Å²) < 4.78 is 17.2. The number of hydrogen-bond acceptors (Lipinski definition) is 4. The van der Waals surface area contributed by atoms with E-state index in [0.717, 1.165) is 60.5 Å². The van der Waals surface area contributed by atoms with E-state index in [1.54, 1.807) is 0 Å². The van der Waals surface area contributed by atoms with E-state index in [0.29, 0.717) is 19.8 Å². The summed E-state index contributed by atoms with van der Waals surface area (Å²) in [6.45, 7) is 1.74. The Balaban J connectivity index is 1.45. The maximum absolute atomic E-state index is 13.6. The third-order valence-corrected chi connectivity index (χ3v) is 6.25. The van der Waals surface area contributed by atoms with E-state index in [1.807, 2.05) is 42.5 Å². The monoisotopic (exact) mass is 379 g/mol. The van der Waals surface area contributed by atoms with Gasteiger partial charge >= 0.3 is 0 Å². The fourth-order valence-corrected chi connectivity index (χ4v) is 4.75. The summed E-state index contributed by atoms with van der Waals surface area (Å²) in [5.74, 6) is 2.50. The molecule has 5 rings (SSSR count). The summed E-state index contributed by atoms with van der Waals surface area (Å²) in [6.07, 6.45) is 4.64. The number of amides is 1. The summed E-state index contributed by atoms with van der Waals surface area (Å²) in [5.41, 5.74) is 1.60. The zero-order chi connectivity index (χ0) is 19.0. The Hall–Kier alpha value is -2.69. The molecule has 2 aromatic carbocycles. The lowest BCUT2D eigenvalue weighted by atomic mass is 9.77. The maximum atomic E-state index is 13.6. The lowest BCUT2D eigenvalue weighted by Crippen LogP contribution is -2.45. The molecular weight excluding hydrogens is 354 g/mol. The van der Waals surface area contributed by atoms with E-state index >= 15 is 0 Å². The van der Waals surface area contributed by atoms with E-state index in [1.165, 1.54) is 0 Å². The van der Waals surface area contributed by atoms with Crippen LogP contribution in [0, 0.1) is 0 Å². The van der Waals surface area contributed by atoms with Crippen molar-refractivity contribution >= 4 is 5.91 Å². The fraction of sp³-hybridized carbons (Fsp3) is 0.435. The normalized spacial score (nSPS) is 22.1. The van der Waals surface area contributed by atoms with Crippen LogP contribution in [0.2, 0.25) is 0 Å². The molecule has 0 spiro atoms. The first-order valence-corrected chi connectivity index (χ1v) is 10.2. The highest BCUT2D eigenvalue weighted by molar-refractivity contribution is 5.89.